The number of nitrogens with zero attached hydrogens (tertiary/aromatic N) is 1. The Bertz CT molecular complexity index is 161. The lowest BCUT2D eigenvalue weighted by molar-refractivity contribution is -0.132. The first-order valence-corrected chi connectivity index (χ1v) is 5.05. The molecule has 1 amide bonds. The molecule has 12 heavy (non-hydrogen) atoms. The van der Waals surface area contributed by atoms with Crippen LogP contribution >= 0.6 is 11.8 Å². The van der Waals surface area contributed by atoms with Crippen molar-refractivity contribution in [2.45, 2.75) is 19.9 Å². The van der Waals surface area contributed by atoms with Crippen LogP contribution in [0.4, 0.5) is 0 Å². The van der Waals surface area contributed by atoms with Gasteiger partial charge in [0.2, 0.25) is 5.91 Å². The maximum atomic E-state index is 10.9. The van der Waals surface area contributed by atoms with Gasteiger partial charge in [0.15, 0.2) is 0 Å². The molecule has 0 bridgehead atoms. The predicted molar refractivity (Wildman–Crippen MR) is 51.3 cm³/mol. The standard InChI is InChI=1S/C8H15NO2S/c1-4-12-6-8(5-10)9(3)7(2)11/h5,8H,4,6H2,1-3H3. The van der Waals surface area contributed by atoms with E-state index in [1.54, 1.807) is 18.8 Å². The molecule has 0 aromatic carbocycles. The minimum atomic E-state index is -0.271. The van der Waals surface area contributed by atoms with Crippen LogP contribution in [0.5, 0.6) is 0 Å². The van der Waals surface area contributed by atoms with Crippen molar-refractivity contribution < 1.29 is 9.59 Å². The molecule has 0 aromatic heterocycles. The number of carbonyl (C=O) groups is 2. The maximum absolute atomic E-state index is 10.9. The summed E-state index contributed by atoms with van der Waals surface area (Å²) in [6, 6.07) is -0.271. The van der Waals surface area contributed by atoms with E-state index in [2.05, 4.69) is 0 Å². The van der Waals surface area contributed by atoms with E-state index >= 15 is 0 Å². The SMILES string of the molecule is CCSCC(C=O)N(C)C(C)=O. The average Bonchev–Trinajstić information content (AvgIpc) is 2.05. The summed E-state index contributed by atoms with van der Waals surface area (Å²) < 4.78 is 0. The number of hydrogen-bond donors (Lipinski definition) is 0. The van der Waals surface area contributed by atoms with E-state index in [1.807, 2.05) is 6.92 Å². The summed E-state index contributed by atoms with van der Waals surface area (Å²) in [6.07, 6.45) is 0.823. The van der Waals surface area contributed by atoms with Crippen molar-refractivity contribution in [1.82, 2.24) is 4.90 Å². The van der Waals surface area contributed by atoms with Crippen molar-refractivity contribution in [2.24, 2.45) is 0 Å². The van der Waals surface area contributed by atoms with E-state index in [1.165, 1.54) is 11.8 Å². The second kappa shape index (κ2) is 6.06. The van der Waals surface area contributed by atoms with Crippen molar-refractivity contribution in [3.8, 4) is 0 Å². The van der Waals surface area contributed by atoms with Gasteiger partial charge in [0.05, 0.1) is 6.04 Å². The smallest absolute Gasteiger partial charge is 0.219 e. The van der Waals surface area contributed by atoms with Crippen LogP contribution in [0.3, 0.4) is 0 Å². The van der Waals surface area contributed by atoms with E-state index in [4.69, 9.17) is 0 Å². The zero-order chi connectivity index (χ0) is 9.56. The Balaban J connectivity index is 3.95. The second-order valence-corrected chi connectivity index (χ2v) is 3.81. The number of rotatable bonds is 5. The fourth-order valence-electron chi connectivity index (χ4n) is 0.714. The minimum absolute atomic E-state index is 0.0659. The lowest BCUT2D eigenvalue weighted by Crippen LogP contribution is -2.38. The van der Waals surface area contributed by atoms with Crippen LogP contribution in [0.15, 0.2) is 0 Å². The average molecular weight is 189 g/mol. The van der Waals surface area contributed by atoms with Crippen molar-refractivity contribution in [1.29, 1.82) is 0 Å². The molecule has 0 aromatic rings. The van der Waals surface area contributed by atoms with Gasteiger partial charge in [0, 0.05) is 19.7 Å². The number of aldehydes is 1. The summed E-state index contributed by atoms with van der Waals surface area (Å²) in [7, 11) is 1.65. The van der Waals surface area contributed by atoms with Gasteiger partial charge in [-0.2, -0.15) is 11.8 Å². The zero-order valence-electron chi connectivity index (χ0n) is 7.74. The van der Waals surface area contributed by atoms with Crippen LogP contribution in [0.2, 0.25) is 0 Å². The summed E-state index contributed by atoms with van der Waals surface area (Å²) in [4.78, 5) is 22.9. The summed E-state index contributed by atoms with van der Waals surface area (Å²) in [5.41, 5.74) is 0. The molecule has 0 spiro atoms. The summed E-state index contributed by atoms with van der Waals surface area (Å²) in [5.74, 6) is 1.59. The lowest BCUT2D eigenvalue weighted by atomic mass is 10.3. The maximum Gasteiger partial charge on any atom is 0.219 e. The molecule has 4 heteroatoms. The van der Waals surface area contributed by atoms with Gasteiger partial charge < -0.3 is 9.69 Å². The molecule has 0 aliphatic carbocycles. The lowest BCUT2D eigenvalue weighted by Gasteiger charge is -2.21. The van der Waals surface area contributed by atoms with Crippen LogP contribution in [0.1, 0.15) is 13.8 Å². The normalized spacial score (nSPS) is 12.2. The Morgan fingerprint density at radius 1 is 1.67 bits per heavy atom. The molecular formula is C8H15NO2S. The molecule has 0 aliphatic heterocycles. The Morgan fingerprint density at radius 2 is 2.25 bits per heavy atom. The van der Waals surface area contributed by atoms with Gasteiger partial charge >= 0.3 is 0 Å². The quantitative estimate of drug-likeness (QED) is 0.600. The van der Waals surface area contributed by atoms with Crippen molar-refractivity contribution in [3.63, 3.8) is 0 Å². The van der Waals surface area contributed by atoms with Gasteiger partial charge in [0.25, 0.3) is 0 Å². The first-order valence-electron chi connectivity index (χ1n) is 3.89. The molecule has 0 saturated carbocycles. The molecule has 1 atom stereocenters. The zero-order valence-corrected chi connectivity index (χ0v) is 8.56. The summed E-state index contributed by atoms with van der Waals surface area (Å²) in [6.45, 7) is 3.49. The van der Waals surface area contributed by atoms with Gasteiger partial charge in [-0.25, -0.2) is 0 Å². The number of carbonyl (C=O) groups excluding carboxylic acids is 2. The van der Waals surface area contributed by atoms with Crippen LogP contribution in [-0.2, 0) is 9.59 Å². The Morgan fingerprint density at radius 3 is 2.58 bits per heavy atom. The third kappa shape index (κ3) is 3.76. The number of hydrogen-bond acceptors (Lipinski definition) is 3. The van der Waals surface area contributed by atoms with Crippen LogP contribution in [-0.4, -0.2) is 41.7 Å². The fourth-order valence-corrected chi connectivity index (χ4v) is 1.49. The highest BCUT2D eigenvalue weighted by atomic mass is 32.2. The monoisotopic (exact) mass is 189 g/mol. The van der Waals surface area contributed by atoms with E-state index in [0.29, 0.717) is 5.75 Å². The van der Waals surface area contributed by atoms with Crippen LogP contribution in [0.25, 0.3) is 0 Å². The first-order chi connectivity index (χ1) is 5.63. The predicted octanol–water partition coefficient (Wildman–Crippen LogP) is 0.785. The van der Waals surface area contributed by atoms with Crippen LogP contribution < -0.4 is 0 Å². The Hall–Kier alpha value is -0.510. The minimum Gasteiger partial charge on any atom is -0.335 e. The summed E-state index contributed by atoms with van der Waals surface area (Å²) >= 11 is 1.66. The molecule has 0 rings (SSSR count). The molecule has 0 fully saturated rings. The number of likely N-dealkylation sites (N-methyl/N-ethyl adjacent to an activating group) is 1. The largest absolute Gasteiger partial charge is 0.335 e. The van der Waals surface area contributed by atoms with Crippen LogP contribution in [0, 0.1) is 0 Å². The first kappa shape index (κ1) is 11.5. The molecule has 1 unspecified atom stereocenters. The molecule has 0 saturated heterocycles. The molecule has 0 radical (unpaired) electrons. The van der Waals surface area contributed by atoms with E-state index in [9.17, 15) is 9.59 Å². The number of amides is 1. The second-order valence-electron chi connectivity index (χ2n) is 2.49. The van der Waals surface area contributed by atoms with Gasteiger partial charge in [-0.1, -0.05) is 6.92 Å². The van der Waals surface area contributed by atoms with E-state index in [-0.39, 0.29) is 11.9 Å². The van der Waals surface area contributed by atoms with Gasteiger partial charge in [-0.15, -0.1) is 0 Å². The Kier molecular flexibility index (Phi) is 5.80. The van der Waals surface area contributed by atoms with Crippen molar-refractivity contribution in [2.75, 3.05) is 18.6 Å². The highest BCUT2D eigenvalue weighted by Gasteiger charge is 2.15. The molecule has 70 valence electrons. The topological polar surface area (TPSA) is 37.4 Å². The summed E-state index contributed by atoms with van der Waals surface area (Å²) in [5, 5.41) is 0. The van der Waals surface area contributed by atoms with Gasteiger partial charge in [-0.3, -0.25) is 4.79 Å². The Labute approximate surface area is 77.5 Å². The molecule has 0 heterocycles. The van der Waals surface area contributed by atoms with E-state index < -0.39 is 0 Å². The third-order valence-corrected chi connectivity index (χ3v) is 2.63. The molecular weight excluding hydrogens is 174 g/mol. The molecule has 3 nitrogen and oxygen atoms in total. The molecule has 0 aliphatic rings. The van der Waals surface area contributed by atoms with Gasteiger partial charge in [0.1, 0.15) is 6.29 Å². The fraction of sp³-hybridized carbons (Fsp3) is 0.750. The van der Waals surface area contributed by atoms with E-state index in [0.717, 1.165) is 12.0 Å². The molecule has 0 N–H and O–H groups in total. The number of thioether (sulfide) groups is 1. The third-order valence-electron chi connectivity index (χ3n) is 1.64. The van der Waals surface area contributed by atoms with Crippen molar-refractivity contribution >= 4 is 24.0 Å². The van der Waals surface area contributed by atoms with Gasteiger partial charge in [-0.05, 0) is 5.75 Å². The van der Waals surface area contributed by atoms with Crippen molar-refractivity contribution in [3.05, 3.63) is 0 Å². The highest BCUT2D eigenvalue weighted by molar-refractivity contribution is 7.99. The highest BCUT2D eigenvalue weighted by Crippen LogP contribution is 2.05.